The van der Waals surface area contributed by atoms with E-state index in [1.165, 1.54) is 0 Å². The third-order valence-electron chi connectivity index (χ3n) is 3.94. The van der Waals surface area contributed by atoms with Gasteiger partial charge < -0.3 is 24.4 Å². The summed E-state index contributed by atoms with van der Waals surface area (Å²) >= 11 is 0. The van der Waals surface area contributed by atoms with Crippen molar-refractivity contribution in [3.63, 3.8) is 0 Å². The second kappa shape index (κ2) is 6.30. The van der Waals surface area contributed by atoms with Gasteiger partial charge in [-0.3, -0.25) is 0 Å². The molecule has 4 atom stereocenters. The zero-order valence-corrected chi connectivity index (χ0v) is 11.0. The van der Waals surface area contributed by atoms with Crippen LogP contribution < -0.4 is 0 Å². The molecule has 2 N–H and O–H groups in total. The van der Waals surface area contributed by atoms with Gasteiger partial charge in [-0.1, -0.05) is 0 Å². The van der Waals surface area contributed by atoms with E-state index in [1.807, 2.05) is 6.92 Å². The van der Waals surface area contributed by atoms with Crippen LogP contribution in [0.15, 0.2) is 0 Å². The van der Waals surface area contributed by atoms with Gasteiger partial charge in [0.25, 0.3) is 0 Å². The molecule has 2 fully saturated rings. The predicted molar refractivity (Wildman–Crippen MR) is 65.4 cm³/mol. The molecular formula is C13H24O5. The van der Waals surface area contributed by atoms with Crippen LogP contribution in [0, 0.1) is 0 Å². The number of hydrogen-bond acceptors (Lipinski definition) is 5. The fraction of sp³-hybridized carbons (Fsp3) is 1.00. The Hall–Kier alpha value is -0.200. The lowest BCUT2D eigenvalue weighted by Gasteiger charge is -2.43. The maximum absolute atomic E-state index is 9.49. The monoisotopic (exact) mass is 260 g/mol. The second-order valence-corrected chi connectivity index (χ2v) is 5.36. The molecule has 0 aliphatic carbocycles. The summed E-state index contributed by atoms with van der Waals surface area (Å²) in [5, 5.41) is 18.8. The Morgan fingerprint density at radius 2 is 2.00 bits per heavy atom. The minimum absolute atomic E-state index is 0.0198. The van der Waals surface area contributed by atoms with E-state index in [4.69, 9.17) is 14.2 Å². The number of aliphatic hydroxyl groups is 2. The summed E-state index contributed by atoms with van der Waals surface area (Å²) in [6.07, 6.45) is 3.19. The third-order valence-corrected chi connectivity index (χ3v) is 3.94. The van der Waals surface area contributed by atoms with Crippen molar-refractivity contribution in [2.45, 2.75) is 56.5 Å². The van der Waals surface area contributed by atoms with Crippen molar-refractivity contribution < 1.29 is 24.4 Å². The fourth-order valence-corrected chi connectivity index (χ4v) is 2.68. The van der Waals surface area contributed by atoms with Gasteiger partial charge in [-0.2, -0.15) is 0 Å². The molecule has 5 nitrogen and oxygen atoms in total. The lowest BCUT2D eigenvalue weighted by atomic mass is 9.92. The van der Waals surface area contributed by atoms with Gasteiger partial charge in [-0.25, -0.2) is 0 Å². The zero-order chi connectivity index (χ0) is 13.0. The summed E-state index contributed by atoms with van der Waals surface area (Å²) in [5.74, 6) is 0. The first-order valence-electron chi connectivity index (χ1n) is 6.82. The van der Waals surface area contributed by atoms with Crippen LogP contribution in [0.4, 0.5) is 0 Å². The van der Waals surface area contributed by atoms with Gasteiger partial charge >= 0.3 is 0 Å². The van der Waals surface area contributed by atoms with E-state index in [0.29, 0.717) is 13.2 Å². The number of hydrogen-bond donors (Lipinski definition) is 2. The molecule has 0 saturated carbocycles. The molecule has 0 amide bonds. The van der Waals surface area contributed by atoms with E-state index < -0.39 is 5.60 Å². The highest BCUT2D eigenvalue weighted by Crippen LogP contribution is 2.30. The smallest absolute Gasteiger partial charge is 0.114 e. The maximum Gasteiger partial charge on any atom is 0.114 e. The minimum Gasteiger partial charge on any atom is -0.394 e. The van der Waals surface area contributed by atoms with E-state index >= 15 is 0 Å². The first kappa shape index (κ1) is 14.2. The van der Waals surface area contributed by atoms with E-state index in [9.17, 15) is 10.2 Å². The number of ether oxygens (including phenoxy) is 3. The molecule has 0 bridgehead atoms. The Labute approximate surface area is 108 Å². The summed E-state index contributed by atoms with van der Waals surface area (Å²) in [6, 6.07) is 0. The molecule has 0 aromatic rings. The average Bonchev–Trinajstić information content (AvgIpc) is 2.42. The van der Waals surface area contributed by atoms with E-state index in [2.05, 4.69) is 0 Å². The lowest BCUT2D eigenvalue weighted by molar-refractivity contribution is -0.224. The van der Waals surface area contributed by atoms with Crippen LogP contribution in [0.5, 0.6) is 0 Å². The minimum atomic E-state index is -0.629. The molecule has 18 heavy (non-hydrogen) atoms. The van der Waals surface area contributed by atoms with Crippen molar-refractivity contribution >= 4 is 0 Å². The molecule has 106 valence electrons. The van der Waals surface area contributed by atoms with E-state index in [-0.39, 0.29) is 31.5 Å². The Balaban J connectivity index is 1.97. The number of rotatable bonds is 4. The maximum atomic E-state index is 9.49. The Bertz CT molecular complexity index is 260. The summed E-state index contributed by atoms with van der Waals surface area (Å²) in [6.45, 7) is 3.17. The van der Waals surface area contributed by atoms with Crippen LogP contribution >= 0.6 is 0 Å². The van der Waals surface area contributed by atoms with Gasteiger partial charge in [0.05, 0.1) is 25.4 Å². The number of aliphatic hydroxyl groups excluding tert-OH is 2. The third kappa shape index (κ3) is 3.03. The quantitative estimate of drug-likeness (QED) is 0.769. The van der Waals surface area contributed by atoms with Gasteiger partial charge in [-0.05, 0) is 32.6 Å². The van der Waals surface area contributed by atoms with Gasteiger partial charge in [-0.15, -0.1) is 0 Å². The highest BCUT2D eigenvalue weighted by molar-refractivity contribution is 4.90. The molecule has 2 rings (SSSR count). The van der Waals surface area contributed by atoms with Crippen molar-refractivity contribution in [3.05, 3.63) is 0 Å². The largest absolute Gasteiger partial charge is 0.394 e. The molecule has 2 heterocycles. The molecule has 2 aliphatic heterocycles. The molecule has 5 heteroatoms. The van der Waals surface area contributed by atoms with Crippen LogP contribution in [0.2, 0.25) is 0 Å². The van der Waals surface area contributed by atoms with Crippen LogP contribution in [0.3, 0.4) is 0 Å². The van der Waals surface area contributed by atoms with Gasteiger partial charge in [0.1, 0.15) is 11.7 Å². The Morgan fingerprint density at radius 1 is 1.22 bits per heavy atom. The van der Waals surface area contributed by atoms with Crippen molar-refractivity contribution in [2.75, 3.05) is 26.4 Å². The summed E-state index contributed by atoms with van der Waals surface area (Å²) < 4.78 is 17.2. The Kier molecular flexibility index (Phi) is 4.98. The zero-order valence-electron chi connectivity index (χ0n) is 11.0. The van der Waals surface area contributed by atoms with Crippen molar-refractivity contribution in [3.8, 4) is 0 Å². The predicted octanol–water partition coefficient (Wildman–Crippen LogP) is 0.473. The topological polar surface area (TPSA) is 68.2 Å². The highest BCUT2D eigenvalue weighted by atomic mass is 16.6. The summed E-state index contributed by atoms with van der Waals surface area (Å²) in [5.41, 5.74) is -0.629. The normalized spacial score (nSPS) is 41.8. The summed E-state index contributed by atoms with van der Waals surface area (Å²) in [7, 11) is 0. The van der Waals surface area contributed by atoms with E-state index in [0.717, 1.165) is 25.7 Å². The van der Waals surface area contributed by atoms with Gasteiger partial charge in [0.2, 0.25) is 0 Å². The van der Waals surface area contributed by atoms with Crippen molar-refractivity contribution in [2.24, 2.45) is 0 Å². The first-order valence-corrected chi connectivity index (χ1v) is 6.82. The van der Waals surface area contributed by atoms with E-state index in [1.54, 1.807) is 0 Å². The second-order valence-electron chi connectivity index (χ2n) is 5.36. The molecule has 0 unspecified atom stereocenters. The van der Waals surface area contributed by atoms with Crippen LogP contribution in [0.1, 0.15) is 32.6 Å². The van der Waals surface area contributed by atoms with Crippen molar-refractivity contribution in [1.29, 1.82) is 0 Å². The van der Waals surface area contributed by atoms with Gasteiger partial charge in [0, 0.05) is 13.2 Å². The molecular weight excluding hydrogens is 236 g/mol. The molecule has 0 aromatic carbocycles. The molecule has 0 aromatic heterocycles. The van der Waals surface area contributed by atoms with Crippen LogP contribution in [-0.4, -0.2) is 60.6 Å². The fourth-order valence-electron chi connectivity index (χ4n) is 2.68. The highest BCUT2D eigenvalue weighted by Gasteiger charge is 2.41. The lowest BCUT2D eigenvalue weighted by Crippen LogP contribution is -2.53. The average molecular weight is 260 g/mol. The van der Waals surface area contributed by atoms with Crippen LogP contribution in [-0.2, 0) is 14.2 Å². The molecule has 0 spiro atoms. The van der Waals surface area contributed by atoms with Crippen molar-refractivity contribution in [1.82, 2.24) is 0 Å². The SMILES string of the molecule is C[C@@]1(CO)OCCC[C@H]1O[C@@H]1CCCO[C@@H]1CO. The van der Waals surface area contributed by atoms with Gasteiger partial charge in [0.15, 0.2) is 0 Å². The molecule has 2 saturated heterocycles. The standard InChI is InChI=1S/C13H24O5/c1-13(9-15)12(5-3-7-17-13)18-10-4-2-6-16-11(10)8-14/h10-12,14-15H,2-9H2,1H3/t10-,11-,12-,13+/m1/s1. The summed E-state index contributed by atoms with van der Waals surface area (Å²) in [4.78, 5) is 0. The molecule has 0 radical (unpaired) electrons. The Morgan fingerprint density at radius 3 is 2.72 bits per heavy atom. The van der Waals surface area contributed by atoms with Crippen LogP contribution in [0.25, 0.3) is 0 Å². The first-order chi connectivity index (χ1) is 8.69. The molecule has 2 aliphatic rings.